The number of hydrogen-bond donors (Lipinski definition) is 1. The Kier molecular flexibility index (Phi) is 6.29. The molecule has 0 saturated carbocycles. The van der Waals surface area contributed by atoms with E-state index in [-0.39, 0.29) is 12.4 Å². The Morgan fingerprint density at radius 2 is 2.20 bits per heavy atom. The molecule has 0 spiro atoms. The first-order chi connectivity index (χ1) is 4.77. The number of rotatable bonds is 6. The van der Waals surface area contributed by atoms with Crippen LogP contribution in [0.5, 0.6) is 0 Å². The Morgan fingerprint density at radius 1 is 1.50 bits per heavy atom. The van der Waals surface area contributed by atoms with Crippen molar-refractivity contribution in [2.75, 3.05) is 13.2 Å². The summed E-state index contributed by atoms with van der Waals surface area (Å²) in [5.41, 5.74) is 0. The first kappa shape index (κ1) is 9.50. The predicted octanol–water partition coefficient (Wildman–Crippen LogP) is 2.26. The summed E-state index contributed by atoms with van der Waals surface area (Å²) < 4.78 is 5.05. The van der Waals surface area contributed by atoms with Crippen LogP contribution in [0.25, 0.3) is 0 Å². The molecule has 60 valence electrons. The lowest BCUT2D eigenvalue weighted by atomic mass is 10.3. The van der Waals surface area contributed by atoms with Gasteiger partial charge < -0.3 is 9.84 Å². The van der Waals surface area contributed by atoms with Crippen molar-refractivity contribution in [3.05, 3.63) is 12.3 Å². The van der Waals surface area contributed by atoms with Crippen LogP contribution < -0.4 is 0 Å². The molecule has 0 atom stereocenters. The fourth-order valence-electron chi connectivity index (χ4n) is 0.644. The van der Waals surface area contributed by atoms with Crippen molar-refractivity contribution in [1.82, 2.24) is 0 Å². The molecule has 0 radical (unpaired) electrons. The molecule has 10 heavy (non-hydrogen) atoms. The molecule has 0 aliphatic carbocycles. The maximum atomic E-state index is 8.59. The fraction of sp³-hybridized carbons (Fsp3) is 0.750. The molecule has 2 nitrogen and oxygen atoms in total. The summed E-state index contributed by atoms with van der Waals surface area (Å²) in [5.74, 6) is 0.108. The summed E-state index contributed by atoms with van der Waals surface area (Å²) in [7, 11) is 0. The molecule has 0 heterocycles. The lowest BCUT2D eigenvalue weighted by Gasteiger charge is -2.00. The normalized spacial score (nSPS) is 9.70. The third-order valence-electron chi connectivity index (χ3n) is 1.16. The SMILES string of the molecule is C=C(O)COCCCCC. The number of unbranched alkanes of at least 4 members (excludes halogenated alkanes) is 2. The lowest BCUT2D eigenvalue weighted by molar-refractivity contribution is 0.125. The second-order valence-electron chi connectivity index (χ2n) is 2.33. The third kappa shape index (κ3) is 7.50. The van der Waals surface area contributed by atoms with Gasteiger partial charge in [-0.05, 0) is 6.42 Å². The van der Waals surface area contributed by atoms with E-state index in [4.69, 9.17) is 9.84 Å². The molecule has 2 heteroatoms. The summed E-state index contributed by atoms with van der Waals surface area (Å²) in [4.78, 5) is 0. The Labute approximate surface area is 62.5 Å². The van der Waals surface area contributed by atoms with Gasteiger partial charge in [0.05, 0.1) is 0 Å². The van der Waals surface area contributed by atoms with Crippen molar-refractivity contribution >= 4 is 0 Å². The number of ether oxygens (including phenoxy) is 1. The van der Waals surface area contributed by atoms with Crippen LogP contribution in [0.4, 0.5) is 0 Å². The molecule has 0 aromatic heterocycles. The smallest absolute Gasteiger partial charge is 0.111 e. The topological polar surface area (TPSA) is 29.5 Å². The zero-order valence-corrected chi connectivity index (χ0v) is 6.60. The molecule has 0 fully saturated rings. The highest BCUT2D eigenvalue weighted by Gasteiger charge is 1.88. The van der Waals surface area contributed by atoms with Crippen LogP contribution in [-0.2, 0) is 4.74 Å². The van der Waals surface area contributed by atoms with Crippen LogP contribution in [0.15, 0.2) is 12.3 Å². The highest BCUT2D eigenvalue weighted by atomic mass is 16.5. The molecule has 0 bridgehead atoms. The maximum Gasteiger partial charge on any atom is 0.111 e. The molecule has 0 aromatic rings. The summed E-state index contributed by atoms with van der Waals surface area (Å²) >= 11 is 0. The monoisotopic (exact) mass is 144 g/mol. The first-order valence-corrected chi connectivity index (χ1v) is 3.72. The number of hydrogen-bond acceptors (Lipinski definition) is 2. The number of aliphatic hydroxyl groups is 1. The zero-order valence-electron chi connectivity index (χ0n) is 6.60. The molecule has 1 N–H and O–H groups in total. The molecule has 0 aliphatic rings. The van der Waals surface area contributed by atoms with Gasteiger partial charge in [-0.25, -0.2) is 0 Å². The van der Waals surface area contributed by atoms with Crippen LogP contribution in [0.2, 0.25) is 0 Å². The van der Waals surface area contributed by atoms with Crippen LogP contribution in [-0.4, -0.2) is 18.3 Å². The Balaban J connectivity index is 2.84. The van der Waals surface area contributed by atoms with Crippen LogP contribution in [0, 0.1) is 0 Å². The standard InChI is InChI=1S/C8H16O2/c1-3-4-5-6-10-7-8(2)9/h9H,2-7H2,1H3. The van der Waals surface area contributed by atoms with Crippen molar-refractivity contribution < 1.29 is 9.84 Å². The van der Waals surface area contributed by atoms with Crippen molar-refractivity contribution in [3.63, 3.8) is 0 Å². The van der Waals surface area contributed by atoms with Crippen LogP contribution in [0.1, 0.15) is 26.2 Å². The van der Waals surface area contributed by atoms with Gasteiger partial charge in [0.1, 0.15) is 12.4 Å². The van der Waals surface area contributed by atoms with Gasteiger partial charge in [-0.3, -0.25) is 0 Å². The summed E-state index contributed by atoms with van der Waals surface area (Å²) in [6, 6.07) is 0. The van der Waals surface area contributed by atoms with Crippen LogP contribution >= 0.6 is 0 Å². The minimum Gasteiger partial charge on any atom is -0.510 e. The lowest BCUT2D eigenvalue weighted by Crippen LogP contribution is -1.98. The van der Waals surface area contributed by atoms with E-state index in [1.54, 1.807) is 0 Å². The molecule has 0 amide bonds. The Bertz CT molecular complexity index is 89.3. The van der Waals surface area contributed by atoms with Crippen molar-refractivity contribution in [2.24, 2.45) is 0 Å². The van der Waals surface area contributed by atoms with Gasteiger partial charge in [0, 0.05) is 6.61 Å². The molecular weight excluding hydrogens is 128 g/mol. The Morgan fingerprint density at radius 3 is 2.70 bits per heavy atom. The molecular formula is C8H16O2. The van der Waals surface area contributed by atoms with E-state index in [0.29, 0.717) is 0 Å². The van der Waals surface area contributed by atoms with Gasteiger partial charge >= 0.3 is 0 Å². The average Bonchev–Trinajstić information content (AvgIpc) is 1.87. The second-order valence-corrected chi connectivity index (χ2v) is 2.33. The van der Waals surface area contributed by atoms with E-state index in [0.717, 1.165) is 13.0 Å². The summed E-state index contributed by atoms with van der Waals surface area (Å²) in [6.07, 6.45) is 3.46. The van der Waals surface area contributed by atoms with E-state index in [9.17, 15) is 0 Å². The highest BCUT2D eigenvalue weighted by molar-refractivity contribution is 4.77. The highest BCUT2D eigenvalue weighted by Crippen LogP contribution is 1.94. The van der Waals surface area contributed by atoms with Crippen molar-refractivity contribution in [2.45, 2.75) is 26.2 Å². The minimum absolute atomic E-state index is 0.108. The van der Waals surface area contributed by atoms with Gasteiger partial charge in [0.25, 0.3) is 0 Å². The maximum absolute atomic E-state index is 8.59. The van der Waals surface area contributed by atoms with E-state index in [1.807, 2.05) is 0 Å². The van der Waals surface area contributed by atoms with E-state index in [1.165, 1.54) is 12.8 Å². The largest absolute Gasteiger partial charge is 0.510 e. The summed E-state index contributed by atoms with van der Waals surface area (Å²) in [5, 5.41) is 8.59. The van der Waals surface area contributed by atoms with E-state index in [2.05, 4.69) is 13.5 Å². The van der Waals surface area contributed by atoms with E-state index < -0.39 is 0 Å². The molecule has 0 aromatic carbocycles. The van der Waals surface area contributed by atoms with Crippen molar-refractivity contribution in [1.29, 1.82) is 0 Å². The van der Waals surface area contributed by atoms with Crippen molar-refractivity contribution in [3.8, 4) is 0 Å². The molecule has 0 aliphatic heterocycles. The third-order valence-corrected chi connectivity index (χ3v) is 1.16. The summed E-state index contributed by atoms with van der Waals surface area (Å²) in [6.45, 7) is 6.46. The van der Waals surface area contributed by atoms with E-state index >= 15 is 0 Å². The van der Waals surface area contributed by atoms with Gasteiger partial charge in [-0.1, -0.05) is 26.3 Å². The predicted molar refractivity (Wildman–Crippen MR) is 42.1 cm³/mol. The minimum atomic E-state index is 0.108. The van der Waals surface area contributed by atoms with Gasteiger partial charge in [0.15, 0.2) is 0 Å². The quantitative estimate of drug-likeness (QED) is 0.457. The second kappa shape index (κ2) is 6.62. The van der Waals surface area contributed by atoms with Gasteiger partial charge in [-0.2, -0.15) is 0 Å². The Hall–Kier alpha value is -0.500. The molecule has 0 unspecified atom stereocenters. The first-order valence-electron chi connectivity index (χ1n) is 3.72. The average molecular weight is 144 g/mol. The molecule has 0 rings (SSSR count). The van der Waals surface area contributed by atoms with Crippen LogP contribution in [0.3, 0.4) is 0 Å². The van der Waals surface area contributed by atoms with Gasteiger partial charge in [-0.15, -0.1) is 0 Å². The van der Waals surface area contributed by atoms with Gasteiger partial charge in [0.2, 0.25) is 0 Å². The number of aliphatic hydroxyl groups excluding tert-OH is 1. The zero-order chi connectivity index (χ0) is 7.82. The fourth-order valence-corrected chi connectivity index (χ4v) is 0.644. The molecule has 0 saturated heterocycles.